The van der Waals surface area contributed by atoms with Crippen LogP contribution in [-0.4, -0.2) is 44.8 Å². The van der Waals surface area contributed by atoms with E-state index < -0.39 is 8.41 Å². The summed E-state index contributed by atoms with van der Waals surface area (Å²) in [6, 6.07) is 8.20. The van der Waals surface area contributed by atoms with Gasteiger partial charge in [-0.1, -0.05) is 19.1 Å². The van der Waals surface area contributed by atoms with E-state index in [1.165, 1.54) is 5.56 Å². The second-order valence-electron chi connectivity index (χ2n) is 8.53. The number of benzene rings is 1. The van der Waals surface area contributed by atoms with E-state index in [1.807, 2.05) is 17.0 Å². The van der Waals surface area contributed by atoms with Crippen LogP contribution in [0, 0.1) is 5.92 Å². The molecule has 0 saturated carbocycles. The van der Waals surface area contributed by atoms with E-state index in [2.05, 4.69) is 19.1 Å². The van der Waals surface area contributed by atoms with Crippen LogP contribution in [0.5, 0.6) is 0 Å². The average Bonchev–Trinajstić information content (AvgIpc) is 3.17. The maximum absolute atomic E-state index is 14.8. The number of aliphatic hydroxyl groups is 1. The fraction of sp³-hybridized carbons (Fsp3) is 0.667. The average molecular weight is 394 g/mol. The minimum absolute atomic E-state index is 0.0360. The van der Waals surface area contributed by atoms with Gasteiger partial charge in [0.05, 0.1) is 12.2 Å². The molecule has 0 radical (unpaired) electrons. The minimum atomic E-state index is -2.84. The molecule has 4 atom stereocenters. The summed E-state index contributed by atoms with van der Waals surface area (Å²) >= 11 is 0. The number of aryl methyl sites for hydroxylation is 1. The number of halogens is 1. The van der Waals surface area contributed by atoms with Crippen molar-refractivity contribution in [1.82, 2.24) is 0 Å². The van der Waals surface area contributed by atoms with E-state index >= 15 is 0 Å². The van der Waals surface area contributed by atoms with Gasteiger partial charge >= 0.3 is 0 Å². The third-order valence-electron chi connectivity index (χ3n) is 6.15. The molecule has 1 N–H and O–H groups in total. The van der Waals surface area contributed by atoms with Gasteiger partial charge in [0.15, 0.2) is 0 Å². The van der Waals surface area contributed by atoms with Crippen molar-refractivity contribution in [1.29, 1.82) is 0 Å². The molecule has 2 heterocycles. The van der Waals surface area contributed by atoms with Gasteiger partial charge in [0.25, 0.3) is 0 Å². The molecule has 0 aliphatic carbocycles. The van der Waals surface area contributed by atoms with E-state index in [0.717, 1.165) is 31.5 Å². The van der Waals surface area contributed by atoms with Gasteiger partial charge in [0.1, 0.15) is 0 Å². The lowest BCUT2D eigenvalue weighted by Gasteiger charge is -2.28. The van der Waals surface area contributed by atoms with E-state index in [4.69, 9.17) is 4.74 Å². The van der Waals surface area contributed by atoms with E-state index in [0.29, 0.717) is 12.8 Å². The summed E-state index contributed by atoms with van der Waals surface area (Å²) < 4.78 is 21.0. The first-order valence-corrected chi connectivity index (χ1v) is 13.1. The Morgan fingerprint density at radius 1 is 1.22 bits per heavy atom. The van der Waals surface area contributed by atoms with E-state index in [9.17, 15) is 14.0 Å². The summed E-state index contributed by atoms with van der Waals surface area (Å²) in [5.41, 5.74) is 2.12. The second kappa shape index (κ2) is 8.41. The standard InChI is InChI=1S/C21H32FNO3Si/c1-15-18(26-19(12-14-24)21(15)27(2,3)22)11-8-16-6-9-17(10-7-16)23-13-4-5-20(23)25/h6-7,9-10,15,18-19,21,24H,4-5,8,11-14H2,1-3H3/t15-,18+,19-,21+/m0/s1. The Labute approximate surface area is 162 Å². The van der Waals surface area contributed by atoms with Crippen molar-refractivity contribution in [3.05, 3.63) is 29.8 Å². The molecule has 4 nitrogen and oxygen atoms in total. The SMILES string of the molecule is C[C@@H]1[C@@H]([Si](C)(C)F)[C@H](CCO)O[C@@H]1CCc1ccc(N2CCCC2=O)cc1. The molecule has 0 bridgehead atoms. The molecule has 0 unspecified atom stereocenters. The van der Waals surface area contributed by atoms with Crippen LogP contribution < -0.4 is 4.90 Å². The van der Waals surface area contributed by atoms with Gasteiger partial charge in [-0.2, -0.15) is 0 Å². The first kappa shape index (κ1) is 20.5. The molecule has 1 aromatic carbocycles. The highest BCUT2D eigenvalue weighted by molar-refractivity contribution is 6.72. The molecule has 2 saturated heterocycles. The summed E-state index contributed by atoms with van der Waals surface area (Å²) in [5, 5.41) is 9.31. The Morgan fingerprint density at radius 2 is 1.93 bits per heavy atom. The van der Waals surface area contributed by atoms with Crippen LogP contribution in [0.3, 0.4) is 0 Å². The maximum atomic E-state index is 14.8. The van der Waals surface area contributed by atoms with Crippen LogP contribution in [0.4, 0.5) is 9.80 Å². The maximum Gasteiger partial charge on any atom is 0.246 e. The normalized spacial score (nSPS) is 28.9. The van der Waals surface area contributed by atoms with Crippen molar-refractivity contribution < 1.29 is 18.7 Å². The number of carbonyl (C=O) groups is 1. The third kappa shape index (κ3) is 4.61. The highest BCUT2D eigenvalue weighted by atomic mass is 28.4. The predicted molar refractivity (Wildman–Crippen MR) is 108 cm³/mol. The number of anilines is 1. The topological polar surface area (TPSA) is 49.8 Å². The van der Waals surface area contributed by atoms with Gasteiger partial charge in [0.2, 0.25) is 14.3 Å². The molecule has 6 heteroatoms. The van der Waals surface area contributed by atoms with Crippen LogP contribution >= 0.6 is 0 Å². The van der Waals surface area contributed by atoms with Crippen molar-refractivity contribution >= 4 is 20.0 Å². The number of rotatable bonds is 7. The number of hydrogen-bond donors (Lipinski definition) is 1. The second-order valence-corrected chi connectivity index (χ2v) is 12.3. The van der Waals surface area contributed by atoms with Crippen molar-refractivity contribution in [2.75, 3.05) is 18.1 Å². The lowest BCUT2D eigenvalue weighted by molar-refractivity contribution is -0.117. The highest BCUT2D eigenvalue weighted by Gasteiger charge is 2.50. The zero-order valence-electron chi connectivity index (χ0n) is 16.7. The van der Waals surface area contributed by atoms with Crippen molar-refractivity contribution in [3.8, 4) is 0 Å². The van der Waals surface area contributed by atoms with Gasteiger partial charge in [-0.15, -0.1) is 0 Å². The molecule has 1 aromatic rings. The summed E-state index contributed by atoms with van der Waals surface area (Å²) in [5.74, 6) is 0.379. The molecule has 0 spiro atoms. The van der Waals surface area contributed by atoms with E-state index in [1.54, 1.807) is 13.1 Å². The van der Waals surface area contributed by atoms with E-state index in [-0.39, 0.29) is 36.2 Å². The number of amides is 1. The zero-order chi connectivity index (χ0) is 19.6. The molecule has 0 aromatic heterocycles. The largest absolute Gasteiger partial charge is 0.396 e. The van der Waals surface area contributed by atoms with Crippen molar-refractivity contribution in [3.63, 3.8) is 0 Å². The number of carbonyl (C=O) groups excluding carboxylic acids is 1. The number of aliphatic hydroxyl groups excluding tert-OH is 1. The van der Waals surface area contributed by atoms with Gasteiger partial charge in [-0.3, -0.25) is 4.79 Å². The summed E-state index contributed by atoms with van der Waals surface area (Å²) in [4.78, 5) is 13.7. The molecule has 3 rings (SSSR count). The van der Waals surface area contributed by atoms with Crippen LogP contribution in [0.2, 0.25) is 18.6 Å². The molecule has 2 aliphatic heterocycles. The smallest absolute Gasteiger partial charge is 0.246 e. The number of nitrogens with zero attached hydrogens (tertiary/aromatic N) is 1. The fourth-order valence-electron chi connectivity index (χ4n) is 4.85. The van der Waals surface area contributed by atoms with Gasteiger partial charge in [-0.25, -0.2) is 0 Å². The number of ether oxygens (including phenoxy) is 1. The van der Waals surface area contributed by atoms with Crippen LogP contribution in [-0.2, 0) is 16.0 Å². The molecule has 1 amide bonds. The van der Waals surface area contributed by atoms with Gasteiger partial charge < -0.3 is 18.9 Å². The predicted octanol–water partition coefficient (Wildman–Crippen LogP) is 4.08. The summed E-state index contributed by atoms with van der Waals surface area (Å²) in [6.45, 7) is 6.46. The van der Waals surface area contributed by atoms with Crippen LogP contribution in [0.1, 0.15) is 38.2 Å². The molecular formula is C21H32FNO3Si. The zero-order valence-corrected chi connectivity index (χ0v) is 17.7. The highest BCUT2D eigenvalue weighted by Crippen LogP contribution is 2.46. The van der Waals surface area contributed by atoms with Gasteiger partial charge in [0, 0.05) is 30.8 Å². The third-order valence-corrected chi connectivity index (χ3v) is 8.63. The van der Waals surface area contributed by atoms with Crippen LogP contribution in [0.25, 0.3) is 0 Å². The fourth-order valence-corrected chi connectivity index (χ4v) is 7.44. The molecule has 2 aliphatic rings. The molecular weight excluding hydrogens is 361 g/mol. The Morgan fingerprint density at radius 3 is 2.48 bits per heavy atom. The quantitative estimate of drug-likeness (QED) is 0.561. The lowest BCUT2D eigenvalue weighted by atomic mass is 9.95. The Kier molecular flexibility index (Phi) is 6.38. The Balaban J connectivity index is 1.60. The van der Waals surface area contributed by atoms with Crippen molar-refractivity contribution in [2.24, 2.45) is 5.92 Å². The number of hydrogen-bond acceptors (Lipinski definition) is 3. The first-order valence-electron chi connectivity index (χ1n) is 10.2. The lowest BCUT2D eigenvalue weighted by Crippen LogP contribution is -2.36. The van der Waals surface area contributed by atoms with Crippen LogP contribution in [0.15, 0.2) is 24.3 Å². The molecule has 150 valence electrons. The summed E-state index contributed by atoms with van der Waals surface area (Å²) in [6.07, 6.45) is 3.69. The first-order chi connectivity index (χ1) is 12.8. The Hall–Kier alpha value is -1.24. The molecule has 2 fully saturated rings. The van der Waals surface area contributed by atoms with Gasteiger partial charge in [-0.05, 0) is 62.4 Å². The van der Waals surface area contributed by atoms with Crippen molar-refractivity contribution in [2.45, 2.75) is 69.9 Å². The minimum Gasteiger partial charge on any atom is -0.396 e. The Bertz CT molecular complexity index is 646. The summed E-state index contributed by atoms with van der Waals surface area (Å²) in [7, 11) is -2.84. The molecule has 27 heavy (non-hydrogen) atoms. The monoisotopic (exact) mass is 393 g/mol.